The fraction of sp³-hybridized carbons (Fsp3) is 0. The molecule has 2 rings (SSSR count). The molecule has 3 nitrogen and oxygen atoms in total. The molecular formula is C14H9NO2. The highest BCUT2D eigenvalue weighted by molar-refractivity contribution is 6.13. The van der Waals surface area contributed by atoms with Gasteiger partial charge in [-0.1, -0.05) is 30.3 Å². The third kappa shape index (κ3) is 2.50. The Morgan fingerprint density at radius 2 is 2.00 bits per heavy atom. The summed E-state index contributed by atoms with van der Waals surface area (Å²) in [5, 5.41) is 8.99. The van der Waals surface area contributed by atoms with Crippen LogP contribution in [0.5, 0.6) is 0 Å². The van der Waals surface area contributed by atoms with Gasteiger partial charge >= 0.3 is 0 Å². The van der Waals surface area contributed by atoms with Crippen molar-refractivity contribution in [3.63, 3.8) is 0 Å². The molecule has 0 radical (unpaired) electrons. The molecule has 0 aliphatic rings. The molecule has 3 heteroatoms. The zero-order valence-corrected chi connectivity index (χ0v) is 8.96. The van der Waals surface area contributed by atoms with Crippen molar-refractivity contribution in [1.82, 2.24) is 0 Å². The molecule has 0 saturated carbocycles. The van der Waals surface area contributed by atoms with Crippen LogP contribution in [0, 0.1) is 11.3 Å². The Balaban J connectivity index is 2.33. The van der Waals surface area contributed by atoms with E-state index >= 15 is 0 Å². The zero-order valence-electron chi connectivity index (χ0n) is 8.96. The summed E-state index contributed by atoms with van der Waals surface area (Å²) in [4.78, 5) is 12.0. The Hall–Kier alpha value is -2.60. The average Bonchev–Trinajstić information content (AvgIpc) is 2.89. The summed E-state index contributed by atoms with van der Waals surface area (Å²) in [6, 6.07) is 12.3. The van der Waals surface area contributed by atoms with Gasteiger partial charge in [-0.2, -0.15) is 5.26 Å². The second-order valence-electron chi connectivity index (χ2n) is 3.42. The Labute approximate surface area is 98.6 Å². The number of nitriles is 1. The van der Waals surface area contributed by atoms with E-state index in [-0.39, 0.29) is 11.4 Å². The number of benzene rings is 1. The minimum atomic E-state index is -0.283. The number of furan rings is 1. The topological polar surface area (TPSA) is 54.0 Å². The van der Waals surface area contributed by atoms with Gasteiger partial charge < -0.3 is 4.42 Å². The molecule has 0 aliphatic carbocycles. The largest absolute Gasteiger partial charge is 0.472 e. The Morgan fingerprint density at radius 3 is 2.59 bits per heavy atom. The molecule has 2 aromatic rings. The lowest BCUT2D eigenvalue weighted by atomic mass is 10.0. The van der Waals surface area contributed by atoms with Gasteiger partial charge in [0.1, 0.15) is 11.6 Å². The molecular weight excluding hydrogens is 214 g/mol. The molecule has 0 spiro atoms. The van der Waals surface area contributed by atoms with Crippen molar-refractivity contribution in [3.05, 3.63) is 65.6 Å². The van der Waals surface area contributed by atoms with E-state index in [9.17, 15) is 4.79 Å². The van der Waals surface area contributed by atoms with Crippen LogP contribution in [0.15, 0.2) is 58.9 Å². The van der Waals surface area contributed by atoms with Crippen molar-refractivity contribution in [2.45, 2.75) is 0 Å². The van der Waals surface area contributed by atoms with E-state index in [1.807, 2.05) is 12.1 Å². The summed E-state index contributed by atoms with van der Waals surface area (Å²) in [5.41, 5.74) is 1.30. The quantitative estimate of drug-likeness (QED) is 0.456. The summed E-state index contributed by atoms with van der Waals surface area (Å²) in [6.45, 7) is 0. The summed E-state index contributed by atoms with van der Waals surface area (Å²) in [6.07, 6.45) is 4.49. The lowest BCUT2D eigenvalue weighted by molar-refractivity contribution is 0.104. The van der Waals surface area contributed by atoms with Gasteiger partial charge in [0.2, 0.25) is 5.78 Å². The minimum Gasteiger partial charge on any atom is -0.472 e. The highest BCUT2D eigenvalue weighted by atomic mass is 16.3. The van der Waals surface area contributed by atoms with E-state index in [2.05, 4.69) is 0 Å². The Kier molecular flexibility index (Phi) is 3.18. The predicted octanol–water partition coefficient (Wildman–Crippen LogP) is 3.07. The maximum absolute atomic E-state index is 12.0. The second-order valence-corrected chi connectivity index (χ2v) is 3.42. The first-order valence-electron chi connectivity index (χ1n) is 5.05. The fourth-order valence-corrected chi connectivity index (χ4v) is 1.42. The molecule has 1 heterocycles. The van der Waals surface area contributed by atoms with Crippen LogP contribution in [0.4, 0.5) is 0 Å². The predicted molar refractivity (Wildman–Crippen MR) is 63.1 cm³/mol. The lowest BCUT2D eigenvalue weighted by Gasteiger charge is -1.97. The minimum absolute atomic E-state index is 0.0950. The standard InChI is InChI=1S/C14H9NO2/c15-9-13(8-11-6-7-17-10-11)14(16)12-4-2-1-3-5-12/h1-8,10H/b13-8+. The molecule has 17 heavy (non-hydrogen) atoms. The second kappa shape index (κ2) is 4.95. The first-order valence-corrected chi connectivity index (χ1v) is 5.05. The number of ketones is 1. The van der Waals surface area contributed by atoms with Crippen LogP contribution in [-0.4, -0.2) is 5.78 Å². The molecule has 1 aromatic heterocycles. The third-order valence-electron chi connectivity index (χ3n) is 2.26. The van der Waals surface area contributed by atoms with E-state index in [0.717, 1.165) is 0 Å². The molecule has 0 fully saturated rings. The first-order chi connectivity index (χ1) is 8.31. The Morgan fingerprint density at radius 1 is 1.24 bits per heavy atom. The van der Waals surface area contributed by atoms with Crippen LogP contribution < -0.4 is 0 Å². The van der Waals surface area contributed by atoms with Crippen LogP contribution in [0.25, 0.3) is 6.08 Å². The summed E-state index contributed by atoms with van der Waals surface area (Å²) >= 11 is 0. The van der Waals surface area contributed by atoms with Crippen molar-refractivity contribution < 1.29 is 9.21 Å². The monoisotopic (exact) mass is 223 g/mol. The molecule has 0 unspecified atom stereocenters. The number of hydrogen-bond donors (Lipinski definition) is 0. The summed E-state index contributed by atoms with van der Waals surface area (Å²) in [7, 11) is 0. The van der Waals surface area contributed by atoms with Crippen molar-refractivity contribution in [2.75, 3.05) is 0 Å². The van der Waals surface area contributed by atoms with E-state index in [1.165, 1.54) is 18.6 Å². The number of rotatable bonds is 3. The number of nitrogens with zero attached hydrogens (tertiary/aromatic N) is 1. The van der Waals surface area contributed by atoms with Crippen molar-refractivity contribution in [1.29, 1.82) is 5.26 Å². The molecule has 0 N–H and O–H groups in total. The van der Waals surface area contributed by atoms with Crippen molar-refractivity contribution in [3.8, 4) is 6.07 Å². The van der Waals surface area contributed by atoms with Gasteiger partial charge in [0, 0.05) is 11.1 Å². The van der Waals surface area contributed by atoms with Gasteiger partial charge in [-0.3, -0.25) is 4.79 Å². The summed E-state index contributed by atoms with van der Waals surface area (Å²) < 4.78 is 4.88. The SMILES string of the molecule is N#C/C(=C\c1ccoc1)C(=O)c1ccccc1. The number of carbonyl (C=O) groups is 1. The molecule has 0 aliphatic heterocycles. The molecule has 0 saturated heterocycles. The molecule has 82 valence electrons. The zero-order chi connectivity index (χ0) is 12.1. The van der Waals surface area contributed by atoms with Crippen LogP contribution in [-0.2, 0) is 0 Å². The van der Waals surface area contributed by atoms with E-state index in [0.29, 0.717) is 11.1 Å². The molecule has 0 bridgehead atoms. The maximum atomic E-state index is 12.0. The number of allylic oxidation sites excluding steroid dienone is 1. The highest BCUT2D eigenvalue weighted by Gasteiger charge is 2.11. The van der Waals surface area contributed by atoms with Crippen LogP contribution in [0.3, 0.4) is 0 Å². The smallest absolute Gasteiger partial charge is 0.203 e. The Bertz CT molecular complexity index is 574. The lowest BCUT2D eigenvalue weighted by Crippen LogP contribution is -2.01. The summed E-state index contributed by atoms with van der Waals surface area (Å²) in [5.74, 6) is -0.283. The van der Waals surface area contributed by atoms with Crippen molar-refractivity contribution >= 4 is 11.9 Å². The third-order valence-corrected chi connectivity index (χ3v) is 2.26. The van der Waals surface area contributed by atoms with Crippen LogP contribution >= 0.6 is 0 Å². The first kappa shape index (κ1) is 10.9. The van der Waals surface area contributed by atoms with Gasteiger partial charge in [0.25, 0.3) is 0 Å². The maximum Gasteiger partial charge on any atom is 0.203 e. The van der Waals surface area contributed by atoms with E-state index in [1.54, 1.807) is 30.3 Å². The molecule has 1 aromatic carbocycles. The number of hydrogen-bond acceptors (Lipinski definition) is 3. The van der Waals surface area contributed by atoms with Crippen LogP contribution in [0.1, 0.15) is 15.9 Å². The van der Waals surface area contributed by atoms with Gasteiger partial charge in [-0.05, 0) is 12.1 Å². The van der Waals surface area contributed by atoms with Crippen molar-refractivity contribution in [2.24, 2.45) is 0 Å². The normalized spacial score (nSPS) is 10.9. The average molecular weight is 223 g/mol. The fourth-order valence-electron chi connectivity index (χ4n) is 1.42. The molecule has 0 amide bonds. The van der Waals surface area contributed by atoms with Gasteiger partial charge in [-0.15, -0.1) is 0 Å². The van der Waals surface area contributed by atoms with E-state index in [4.69, 9.17) is 9.68 Å². The van der Waals surface area contributed by atoms with E-state index < -0.39 is 0 Å². The highest BCUT2D eigenvalue weighted by Crippen LogP contribution is 2.12. The van der Waals surface area contributed by atoms with Gasteiger partial charge in [0.15, 0.2) is 0 Å². The number of carbonyl (C=O) groups excluding carboxylic acids is 1. The van der Waals surface area contributed by atoms with Gasteiger partial charge in [0.05, 0.1) is 12.5 Å². The van der Waals surface area contributed by atoms with Crippen LogP contribution in [0.2, 0.25) is 0 Å². The molecule has 0 atom stereocenters. The number of Topliss-reactive ketones (excluding diaryl/α,β-unsaturated/α-hetero) is 1. The van der Waals surface area contributed by atoms with Gasteiger partial charge in [-0.25, -0.2) is 0 Å².